The van der Waals surface area contributed by atoms with Crippen LogP contribution in [0.3, 0.4) is 0 Å². The topological polar surface area (TPSA) is 0 Å². The van der Waals surface area contributed by atoms with E-state index >= 15 is 0 Å². The number of unbranched alkanes of at least 4 members (excludes halogenated alkanes) is 3. The van der Waals surface area contributed by atoms with Gasteiger partial charge in [0, 0.05) is 0 Å². The van der Waals surface area contributed by atoms with Crippen molar-refractivity contribution in [3.05, 3.63) is 0 Å². The molecule has 0 radical (unpaired) electrons. The molecule has 14 heavy (non-hydrogen) atoms. The van der Waals surface area contributed by atoms with Crippen LogP contribution < -0.4 is 0 Å². The van der Waals surface area contributed by atoms with Crippen LogP contribution in [-0.2, 0) is 0 Å². The normalized spacial score (nSPS) is 27.6. The van der Waals surface area contributed by atoms with Gasteiger partial charge in [-0.2, -0.15) is 0 Å². The molecule has 0 heteroatoms. The molecule has 1 saturated carbocycles. The van der Waals surface area contributed by atoms with Crippen molar-refractivity contribution >= 4 is 0 Å². The summed E-state index contributed by atoms with van der Waals surface area (Å²) in [4.78, 5) is 0. The summed E-state index contributed by atoms with van der Waals surface area (Å²) >= 11 is 0. The van der Waals surface area contributed by atoms with Gasteiger partial charge in [0.1, 0.15) is 0 Å². The monoisotopic (exact) mass is 196 g/mol. The molecule has 0 aromatic carbocycles. The molecule has 3 atom stereocenters. The van der Waals surface area contributed by atoms with Gasteiger partial charge in [-0.15, -0.1) is 0 Å². The highest BCUT2D eigenvalue weighted by molar-refractivity contribution is 4.89. The molecule has 0 nitrogen and oxygen atoms in total. The molecular formula is C14H28. The summed E-state index contributed by atoms with van der Waals surface area (Å²) in [6.07, 6.45) is 11.7. The van der Waals surface area contributed by atoms with Gasteiger partial charge < -0.3 is 0 Å². The molecule has 1 rings (SSSR count). The van der Waals surface area contributed by atoms with Crippen molar-refractivity contribution < 1.29 is 0 Å². The van der Waals surface area contributed by atoms with Crippen LogP contribution in [0.25, 0.3) is 0 Å². The zero-order valence-corrected chi connectivity index (χ0v) is 10.4. The van der Waals surface area contributed by atoms with Crippen molar-refractivity contribution in [2.45, 2.75) is 72.1 Å². The Kier molecular flexibility index (Phi) is 5.59. The lowest BCUT2D eigenvalue weighted by atomic mass is 9.96. The summed E-state index contributed by atoms with van der Waals surface area (Å²) in [6.45, 7) is 7.08. The van der Waals surface area contributed by atoms with E-state index < -0.39 is 0 Å². The van der Waals surface area contributed by atoms with Crippen LogP contribution in [0.2, 0.25) is 0 Å². The van der Waals surface area contributed by atoms with Crippen LogP contribution in [0.1, 0.15) is 72.1 Å². The molecule has 1 aliphatic carbocycles. The van der Waals surface area contributed by atoms with E-state index in [1.807, 2.05) is 0 Å². The summed E-state index contributed by atoms with van der Waals surface area (Å²) in [5.41, 5.74) is 0. The minimum atomic E-state index is 1.02. The fraction of sp³-hybridized carbons (Fsp3) is 1.00. The smallest absolute Gasteiger partial charge is 0.0357 e. The van der Waals surface area contributed by atoms with Crippen molar-refractivity contribution in [2.24, 2.45) is 17.8 Å². The summed E-state index contributed by atoms with van der Waals surface area (Å²) in [5.74, 6) is 3.24. The first-order valence-corrected chi connectivity index (χ1v) is 6.79. The van der Waals surface area contributed by atoms with Gasteiger partial charge in [-0.05, 0) is 24.2 Å². The van der Waals surface area contributed by atoms with Crippen molar-refractivity contribution in [2.75, 3.05) is 0 Å². The summed E-state index contributed by atoms with van der Waals surface area (Å²) in [7, 11) is 0. The average Bonchev–Trinajstić information content (AvgIpc) is 2.94. The molecule has 0 aromatic heterocycles. The molecule has 0 saturated heterocycles. The number of rotatable bonds is 8. The maximum absolute atomic E-state index is 2.47. The first-order chi connectivity index (χ1) is 6.79. The lowest BCUT2D eigenvalue weighted by Gasteiger charge is -2.09. The average molecular weight is 196 g/mol. The van der Waals surface area contributed by atoms with Crippen LogP contribution in [0.4, 0.5) is 0 Å². The largest absolute Gasteiger partial charge is 0.0654 e. The number of hydrogen-bond donors (Lipinski definition) is 0. The third-order valence-electron chi connectivity index (χ3n) is 3.90. The van der Waals surface area contributed by atoms with Crippen LogP contribution in [-0.4, -0.2) is 0 Å². The van der Waals surface area contributed by atoms with Crippen LogP contribution >= 0.6 is 0 Å². The zero-order valence-electron chi connectivity index (χ0n) is 10.4. The molecule has 3 unspecified atom stereocenters. The van der Waals surface area contributed by atoms with E-state index in [0.29, 0.717) is 0 Å². The first kappa shape index (κ1) is 12.1. The van der Waals surface area contributed by atoms with Gasteiger partial charge in [0.15, 0.2) is 0 Å². The van der Waals surface area contributed by atoms with Gasteiger partial charge in [-0.1, -0.05) is 65.7 Å². The van der Waals surface area contributed by atoms with Crippen LogP contribution in [0.5, 0.6) is 0 Å². The standard InChI is InChI=1S/C14H28/c1-4-6-8-10-13-11-14(13)12(3)9-7-5-2/h12-14H,4-11H2,1-3H3. The van der Waals surface area contributed by atoms with Crippen molar-refractivity contribution in [1.82, 2.24) is 0 Å². The lowest BCUT2D eigenvalue weighted by Crippen LogP contribution is -1.99. The molecule has 1 fully saturated rings. The van der Waals surface area contributed by atoms with Gasteiger partial charge in [0.2, 0.25) is 0 Å². The van der Waals surface area contributed by atoms with Crippen molar-refractivity contribution in [1.29, 1.82) is 0 Å². The Labute approximate surface area is 90.5 Å². The van der Waals surface area contributed by atoms with Gasteiger partial charge in [0.25, 0.3) is 0 Å². The molecule has 1 aliphatic rings. The summed E-state index contributed by atoms with van der Waals surface area (Å²) < 4.78 is 0. The van der Waals surface area contributed by atoms with Gasteiger partial charge in [-0.25, -0.2) is 0 Å². The number of hydrogen-bond acceptors (Lipinski definition) is 0. The van der Waals surface area contributed by atoms with Crippen molar-refractivity contribution in [3.8, 4) is 0 Å². The maximum Gasteiger partial charge on any atom is -0.0357 e. The summed E-state index contributed by atoms with van der Waals surface area (Å²) in [5, 5.41) is 0. The predicted molar refractivity (Wildman–Crippen MR) is 64.4 cm³/mol. The quantitative estimate of drug-likeness (QED) is 0.478. The molecule has 0 bridgehead atoms. The summed E-state index contributed by atoms with van der Waals surface area (Å²) in [6, 6.07) is 0. The molecule has 0 heterocycles. The highest BCUT2D eigenvalue weighted by Gasteiger charge is 2.39. The molecule has 0 spiro atoms. The first-order valence-electron chi connectivity index (χ1n) is 6.79. The third-order valence-corrected chi connectivity index (χ3v) is 3.90. The zero-order chi connectivity index (χ0) is 10.4. The van der Waals surface area contributed by atoms with E-state index in [4.69, 9.17) is 0 Å². The van der Waals surface area contributed by atoms with E-state index in [1.165, 1.54) is 44.9 Å². The molecule has 84 valence electrons. The highest BCUT2D eigenvalue weighted by Crippen LogP contribution is 2.48. The maximum atomic E-state index is 2.47. The Bertz CT molecular complexity index is 139. The second-order valence-corrected chi connectivity index (χ2v) is 5.27. The van der Waals surface area contributed by atoms with E-state index in [-0.39, 0.29) is 0 Å². The van der Waals surface area contributed by atoms with E-state index in [2.05, 4.69) is 20.8 Å². The Morgan fingerprint density at radius 1 is 1.07 bits per heavy atom. The Morgan fingerprint density at radius 3 is 2.43 bits per heavy atom. The van der Waals surface area contributed by atoms with Gasteiger partial charge in [-0.3, -0.25) is 0 Å². The SMILES string of the molecule is CCCCCC1CC1C(C)CCCC. The molecule has 0 amide bonds. The molecule has 0 aliphatic heterocycles. The minimum Gasteiger partial charge on any atom is -0.0654 e. The fourth-order valence-corrected chi connectivity index (χ4v) is 2.70. The van der Waals surface area contributed by atoms with Crippen LogP contribution in [0.15, 0.2) is 0 Å². The van der Waals surface area contributed by atoms with Crippen molar-refractivity contribution in [3.63, 3.8) is 0 Å². The van der Waals surface area contributed by atoms with E-state index in [9.17, 15) is 0 Å². The lowest BCUT2D eigenvalue weighted by molar-refractivity contribution is 0.415. The Balaban J connectivity index is 2.00. The second kappa shape index (κ2) is 6.48. The molecule has 0 N–H and O–H groups in total. The van der Waals surface area contributed by atoms with E-state index in [1.54, 1.807) is 6.42 Å². The van der Waals surface area contributed by atoms with Gasteiger partial charge in [0.05, 0.1) is 0 Å². The Morgan fingerprint density at radius 2 is 1.79 bits per heavy atom. The fourth-order valence-electron chi connectivity index (χ4n) is 2.70. The third kappa shape index (κ3) is 4.02. The van der Waals surface area contributed by atoms with Gasteiger partial charge >= 0.3 is 0 Å². The predicted octanol–water partition coefficient (Wildman–Crippen LogP) is 5.03. The van der Waals surface area contributed by atoms with Crippen LogP contribution in [0, 0.1) is 17.8 Å². The van der Waals surface area contributed by atoms with E-state index in [0.717, 1.165) is 17.8 Å². The second-order valence-electron chi connectivity index (χ2n) is 5.27. The molecule has 0 aromatic rings. The minimum absolute atomic E-state index is 1.02. The molecular weight excluding hydrogens is 168 g/mol. The Hall–Kier alpha value is 0. The highest BCUT2D eigenvalue weighted by atomic mass is 14.4.